The maximum Gasteiger partial charge on any atom is 0.251 e. The Morgan fingerprint density at radius 1 is 1.07 bits per heavy atom. The Bertz CT molecular complexity index is 648. The number of carbonyl (C=O) groups excluding carboxylic acids is 1. The molecule has 0 aliphatic carbocycles. The first-order valence-corrected chi connectivity index (χ1v) is 11.0. The van der Waals surface area contributed by atoms with Crippen LogP contribution in [0.15, 0.2) is 29.3 Å². The molecule has 1 fully saturated rings. The van der Waals surface area contributed by atoms with Gasteiger partial charge >= 0.3 is 0 Å². The van der Waals surface area contributed by atoms with Crippen LogP contribution in [0.2, 0.25) is 0 Å². The van der Waals surface area contributed by atoms with Gasteiger partial charge < -0.3 is 16.0 Å². The highest BCUT2D eigenvalue weighted by Gasteiger charge is 2.27. The lowest BCUT2D eigenvalue weighted by atomic mass is 9.98. The molecule has 6 heteroatoms. The van der Waals surface area contributed by atoms with Gasteiger partial charge in [-0.15, -0.1) is 0 Å². The number of nitrogens with one attached hydrogen (secondary N) is 3. The fourth-order valence-corrected chi connectivity index (χ4v) is 3.57. The average Bonchev–Trinajstić information content (AvgIpc) is 2.75. The Balaban J connectivity index is 1.79. The third-order valence-corrected chi connectivity index (χ3v) is 5.62. The molecule has 1 amide bonds. The van der Waals surface area contributed by atoms with E-state index in [1.165, 1.54) is 32.4 Å². The Hall–Kier alpha value is -2.08. The molecule has 0 atom stereocenters. The van der Waals surface area contributed by atoms with E-state index in [9.17, 15) is 4.79 Å². The molecule has 0 radical (unpaired) electrons. The monoisotopic (exact) mass is 401 g/mol. The molecule has 1 aliphatic heterocycles. The van der Waals surface area contributed by atoms with Crippen molar-refractivity contribution in [1.29, 1.82) is 0 Å². The number of nitrogens with zero attached hydrogens (tertiary/aromatic N) is 2. The van der Waals surface area contributed by atoms with Crippen LogP contribution >= 0.6 is 0 Å². The van der Waals surface area contributed by atoms with Gasteiger partial charge in [0.2, 0.25) is 0 Å². The molecule has 0 spiro atoms. The molecule has 162 valence electrons. The summed E-state index contributed by atoms with van der Waals surface area (Å²) in [6, 6.07) is 7.75. The van der Waals surface area contributed by atoms with Crippen LogP contribution in [0.5, 0.6) is 0 Å². The van der Waals surface area contributed by atoms with E-state index in [2.05, 4.69) is 46.6 Å². The van der Waals surface area contributed by atoms with Gasteiger partial charge in [0.1, 0.15) is 0 Å². The molecule has 0 saturated carbocycles. The largest absolute Gasteiger partial charge is 0.355 e. The maximum absolute atomic E-state index is 12.1. The summed E-state index contributed by atoms with van der Waals surface area (Å²) >= 11 is 0. The molecule has 1 heterocycles. The number of rotatable bonds is 9. The van der Waals surface area contributed by atoms with Gasteiger partial charge in [0, 0.05) is 37.8 Å². The minimum Gasteiger partial charge on any atom is -0.355 e. The zero-order chi connectivity index (χ0) is 21.1. The second-order valence-corrected chi connectivity index (χ2v) is 8.45. The van der Waals surface area contributed by atoms with E-state index < -0.39 is 0 Å². The van der Waals surface area contributed by atoms with Crippen LogP contribution in [-0.4, -0.2) is 55.5 Å². The third kappa shape index (κ3) is 7.69. The first-order valence-electron chi connectivity index (χ1n) is 11.0. The lowest BCUT2D eigenvalue weighted by Gasteiger charge is -2.41. The van der Waals surface area contributed by atoms with Crippen molar-refractivity contribution >= 4 is 11.9 Å². The van der Waals surface area contributed by atoms with Gasteiger partial charge in [-0.05, 0) is 63.9 Å². The summed E-state index contributed by atoms with van der Waals surface area (Å²) in [5.74, 6) is 0.798. The Morgan fingerprint density at radius 3 is 2.38 bits per heavy atom. The first kappa shape index (κ1) is 23.2. The van der Waals surface area contributed by atoms with Crippen molar-refractivity contribution in [3.8, 4) is 0 Å². The van der Waals surface area contributed by atoms with Crippen molar-refractivity contribution in [2.24, 2.45) is 4.99 Å². The molecule has 6 nitrogen and oxygen atoms in total. The maximum atomic E-state index is 12.1. The van der Waals surface area contributed by atoms with Crippen molar-refractivity contribution in [2.75, 3.05) is 33.2 Å². The Kier molecular flexibility index (Phi) is 9.45. The standard InChI is InChI=1S/C23H39N5O/c1-5-6-14-25-21(29)20-12-10-19(11-13-20)17-26-22(24-4)27-18-23(2,3)28-15-8-7-9-16-28/h10-13H,5-9,14-18H2,1-4H3,(H,25,29)(H2,24,26,27). The molecule has 2 rings (SSSR count). The molecule has 1 saturated heterocycles. The Labute approximate surface area is 176 Å². The molecule has 1 aliphatic rings. The SMILES string of the molecule is CCCCNC(=O)c1ccc(CNC(=NC)NCC(C)(C)N2CCCCC2)cc1. The van der Waals surface area contributed by atoms with E-state index in [-0.39, 0.29) is 11.4 Å². The fraction of sp³-hybridized carbons (Fsp3) is 0.652. The summed E-state index contributed by atoms with van der Waals surface area (Å²) in [7, 11) is 1.80. The number of hydrogen-bond donors (Lipinski definition) is 3. The molecular weight excluding hydrogens is 362 g/mol. The molecule has 0 aromatic heterocycles. The average molecular weight is 402 g/mol. The van der Waals surface area contributed by atoms with Gasteiger partial charge in [0.05, 0.1) is 0 Å². The smallest absolute Gasteiger partial charge is 0.251 e. The summed E-state index contributed by atoms with van der Waals surface area (Å²) < 4.78 is 0. The van der Waals surface area contributed by atoms with E-state index in [1.54, 1.807) is 7.05 Å². The number of carbonyl (C=O) groups is 1. The minimum absolute atomic E-state index is 0.00428. The second kappa shape index (κ2) is 11.8. The summed E-state index contributed by atoms with van der Waals surface area (Å²) in [4.78, 5) is 19.0. The van der Waals surface area contributed by atoms with Crippen LogP contribution in [0.25, 0.3) is 0 Å². The van der Waals surface area contributed by atoms with Crippen LogP contribution in [0.4, 0.5) is 0 Å². The van der Waals surface area contributed by atoms with Crippen molar-refractivity contribution in [3.05, 3.63) is 35.4 Å². The molecular formula is C23H39N5O. The van der Waals surface area contributed by atoms with Crippen LogP contribution in [-0.2, 0) is 6.54 Å². The van der Waals surface area contributed by atoms with Crippen molar-refractivity contribution in [1.82, 2.24) is 20.9 Å². The normalized spacial score (nSPS) is 15.8. The quantitative estimate of drug-likeness (QED) is 0.338. The lowest BCUT2D eigenvalue weighted by molar-refractivity contribution is 0.0953. The topological polar surface area (TPSA) is 68.8 Å². The highest BCUT2D eigenvalue weighted by atomic mass is 16.1. The number of likely N-dealkylation sites (tertiary alicyclic amines) is 1. The van der Waals surface area contributed by atoms with Gasteiger partial charge in [-0.2, -0.15) is 0 Å². The summed E-state index contributed by atoms with van der Waals surface area (Å²) in [6.45, 7) is 11.3. The molecule has 0 unspecified atom stereocenters. The zero-order valence-electron chi connectivity index (χ0n) is 18.7. The molecule has 1 aromatic carbocycles. The molecule has 1 aromatic rings. The van der Waals surface area contributed by atoms with Crippen LogP contribution < -0.4 is 16.0 Å². The van der Waals surface area contributed by atoms with Crippen LogP contribution in [0.3, 0.4) is 0 Å². The molecule has 0 bridgehead atoms. The van der Waals surface area contributed by atoms with E-state index in [0.717, 1.165) is 37.5 Å². The van der Waals surface area contributed by atoms with E-state index in [4.69, 9.17) is 0 Å². The van der Waals surface area contributed by atoms with Crippen molar-refractivity contribution < 1.29 is 4.79 Å². The number of hydrogen-bond acceptors (Lipinski definition) is 3. The van der Waals surface area contributed by atoms with E-state index in [0.29, 0.717) is 12.1 Å². The predicted octanol–water partition coefficient (Wildman–Crippen LogP) is 3.15. The van der Waals surface area contributed by atoms with Crippen molar-refractivity contribution in [3.63, 3.8) is 0 Å². The Morgan fingerprint density at radius 2 is 1.76 bits per heavy atom. The number of piperidine rings is 1. The summed E-state index contributed by atoms with van der Waals surface area (Å²) in [5.41, 5.74) is 1.93. The minimum atomic E-state index is -0.00428. The van der Waals surface area contributed by atoms with Gasteiger partial charge in [-0.25, -0.2) is 0 Å². The number of benzene rings is 1. The number of guanidine groups is 1. The predicted molar refractivity (Wildman–Crippen MR) is 121 cm³/mol. The summed E-state index contributed by atoms with van der Waals surface area (Å²) in [5, 5.41) is 9.79. The number of unbranched alkanes of at least 4 members (excludes halogenated alkanes) is 1. The van der Waals surface area contributed by atoms with Gasteiger partial charge in [0.15, 0.2) is 5.96 Å². The van der Waals surface area contributed by atoms with Gasteiger partial charge in [0.25, 0.3) is 5.91 Å². The second-order valence-electron chi connectivity index (χ2n) is 8.45. The van der Waals surface area contributed by atoms with E-state index in [1.807, 2.05) is 24.3 Å². The highest BCUT2D eigenvalue weighted by molar-refractivity contribution is 5.94. The first-order chi connectivity index (χ1) is 14.0. The zero-order valence-corrected chi connectivity index (χ0v) is 18.7. The highest BCUT2D eigenvalue weighted by Crippen LogP contribution is 2.19. The van der Waals surface area contributed by atoms with Crippen LogP contribution in [0.1, 0.15) is 68.8 Å². The third-order valence-electron chi connectivity index (χ3n) is 5.62. The van der Waals surface area contributed by atoms with Crippen molar-refractivity contribution in [2.45, 2.75) is 65.0 Å². The number of aliphatic imine (C=N–C) groups is 1. The number of amides is 1. The molecule has 29 heavy (non-hydrogen) atoms. The van der Waals surface area contributed by atoms with Gasteiger partial charge in [-0.1, -0.05) is 31.9 Å². The van der Waals surface area contributed by atoms with Crippen LogP contribution in [0, 0.1) is 0 Å². The van der Waals surface area contributed by atoms with Gasteiger partial charge in [-0.3, -0.25) is 14.7 Å². The fourth-order valence-electron chi connectivity index (χ4n) is 3.57. The summed E-state index contributed by atoms with van der Waals surface area (Å²) in [6.07, 6.45) is 6.03. The molecule has 3 N–H and O–H groups in total. The van der Waals surface area contributed by atoms with E-state index >= 15 is 0 Å². The lowest BCUT2D eigenvalue weighted by Crippen LogP contribution is -2.54.